The number of hydrogen-bond donors (Lipinski definition) is 1. The third-order valence-electron chi connectivity index (χ3n) is 4.15. The minimum Gasteiger partial charge on any atom is -0.481 e. The molecule has 0 fully saturated rings. The van der Waals surface area contributed by atoms with Gasteiger partial charge in [0.2, 0.25) is 0 Å². The van der Waals surface area contributed by atoms with Gasteiger partial charge in [0.25, 0.3) is 0 Å². The largest absolute Gasteiger partial charge is 0.481 e. The normalized spacial score (nSPS) is 11.1. The Morgan fingerprint density at radius 3 is 2.63 bits per heavy atom. The number of aliphatic carboxylic acids is 1. The van der Waals surface area contributed by atoms with E-state index in [9.17, 15) is 4.79 Å². The summed E-state index contributed by atoms with van der Waals surface area (Å²) in [5.74, 6) is 0.982. The maximum atomic E-state index is 11.1. The molecule has 3 rings (SSSR count). The Bertz CT molecular complexity index is 959. The number of carboxylic acids is 1. The molecule has 3 aromatic rings. The summed E-state index contributed by atoms with van der Waals surface area (Å²) < 4.78 is 0.961. The lowest BCUT2D eigenvalue weighted by Gasteiger charge is -2.26. The van der Waals surface area contributed by atoms with Crippen LogP contribution in [0.25, 0.3) is 22.3 Å². The van der Waals surface area contributed by atoms with Crippen molar-refractivity contribution < 1.29 is 9.90 Å². The maximum absolute atomic E-state index is 11.1. The van der Waals surface area contributed by atoms with Gasteiger partial charge in [-0.05, 0) is 30.2 Å². The fraction of sp³-hybridized carbons (Fsp3) is 0.286. The Labute approximate surface area is 167 Å². The first-order valence-electron chi connectivity index (χ1n) is 8.93. The number of anilines is 1. The summed E-state index contributed by atoms with van der Waals surface area (Å²) in [7, 11) is 0. The van der Waals surface area contributed by atoms with Crippen LogP contribution in [0.15, 0.2) is 53.0 Å². The van der Waals surface area contributed by atoms with Gasteiger partial charge >= 0.3 is 5.97 Å². The topological polar surface area (TPSA) is 66.3 Å². The third-order valence-corrected chi connectivity index (χ3v) is 4.64. The fourth-order valence-corrected chi connectivity index (χ4v) is 3.41. The van der Waals surface area contributed by atoms with Gasteiger partial charge in [-0.15, -0.1) is 0 Å². The molecule has 140 valence electrons. The molecule has 0 aliphatic heterocycles. The highest BCUT2D eigenvalue weighted by atomic mass is 79.9. The van der Waals surface area contributed by atoms with Gasteiger partial charge in [0.05, 0.1) is 11.9 Å². The summed E-state index contributed by atoms with van der Waals surface area (Å²) in [5.41, 5.74) is 1.76. The number of halogens is 1. The van der Waals surface area contributed by atoms with Crippen molar-refractivity contribution in [1.82, 2.24) is 9.97 Å². The molecule has 0 spiro atoms. The lowest BCUT2D eigenvalue weighted by atomic mass is 10.1. The van der Waals surface area contributed by atoms with Crippen molar-refractivity contribution in [3.8, 4) is 11.4 Å². The molecule has 0 radical (unpaired) electrons. The zero-order valence-corrected chi connectivity index (χ0v) is 17.0. The van der Waals surface area contributed by atoms with Gasteiger partial charge in [-0.2, -0.15) is 0 Å². The number of fused-ring (bicyclic) bond motifs is 1. The molecule has 0 saturated carbocycles. The molecule has 0 amide bonds. The van der Waals surface area contributed by atoms with Crippen molar-refractivity contribution in [1.29, 1.82) is 0 Å². The molecule has 0 aliphatic carbocycles. The number of carbonyl (C=O) groups is 1. The summed E-state index contributed by atoms with van der Waals surface area (Å²) >= 11 is 3.50. The highest BCUT2D eigenvalue weighted by molar-refractivity contribution is 9.10. The van der Waals surface area contributed by atoms with Crippen molar-refractivity contribution in [2.75, 3.05) is 18.0 Å². The molecule has 0 bridgehead atoms. The first kappa shape index (κ1) is 19.3. The van der Waals surface area contributed by atoms with Gasteiger partial charge in [0.1, 0.15) is 5.82 Å². The van der Waals surface area contributed by atoms with Crippen LogP contribution in [0.3, 0.4) is 0 Å². The quantitative estimate of drug-likeness (QED) is 0.574. The predicted octanol–water partition coefficient (Wildman–Crippen LogP) is 5.00. The second-order valence-corrected chi connectivity index (χ2v) is 7.80. The van der Waals surface area contributed by atoms with Crippen molar-refractivity contribution in [2.45, 2.75) is 20.3 Å². The number of rotatable bonds is 7. The van der Waals surface area contributed by atoms with Crippen molar-refractivity contribution in [3.05, 3.63) is 53.0 Å². The van der Waals surface area contributed by atoms with E-state index in [1.54, 1.807) is 0 Å². The molecule has 0 unspecified atom stereocenters. The lowest BCUT2D eigenvalue weighted by molar-refractivity contribution is -0.136. The number of para-hydroxylation sites is 1. The predicted molar refractivity (Wildman–Crippen MR) is 112 cm³/mol. The standard InChI is InChI=1S/C21H22BrN3O2/c1-14(2)13-25(11-10-19(26)27)21-17-8-3-4-9-18(17)23-20(24-21)15-6-5-7-16(22)12-15/h3-9,12,14H,10-11,13H2,1-2H3,(H,26,27). The Morgan fingerprint density at radius 2 is 1.93 bits per heavy atom. The van der Waals surface area contributed by atoms with Crippen LogP contribution in [-0.4, -0.2) is 34.1 Å². The molecule has 1 aromatic heterocycles. The maximum Gasteiger partial charge on any atom is 0.305 e. The van der Waals surface area contributed by atoms with Crippen LogP contribution in [0.2, 0.25) is 0 Å². The van der Waals surface area contributed by atoms with Crippen LogP contribution in [0.5, 0.6) is 0 Å². The zero-order valence-electron chi connectivity index (χ0n) is 15.4. The van der Waals surface area contributed by atoms with Crippen LogP contribution < -0.4 is 4.90 Å². The summed E-state index contributed by atoms with van der Waals surface area (Å²) in [6.45, 7) is 5.37. The summed E-state index contributed by atoms with van der Waals surface area (Å²) in [5, 5.41) is 10.1. The van der Waals surface area contributed by atoms with Crippen molar-refractivity contribution in [3.63, 3.8) is 0 Å². The Kier molecular flexibility index (Phi) is 6.06. The first-order valence-corrected chi connectivity index (χ1v) is 9.73. The highest BCUT2D eigenvalue weighted by Crippen LogP contribution is 2.29. The first-order chi connectivity index (χ1) is 12.9. The zero-order chi connectivity index (χ0) is 19.4. The summed E-state index contributed by atoms with van der Waals surface area (Å²) in [6.07, 6.45) is 0.0667. The van der Waals surface area contributed by atoms with Crippen LogP contribution in [-0.2, 0) is 4.79 Å². The molecule has 1 heterocycles. The Morgan fingerprint density at radius 1 is 1.15 bits per heavy atom. The van der Waals surface area contributed by atoms with Gasteiger partial charge in [0, 0.05) is 28.5 Å². The molecule has 6 heteroatoms. The number of hydrogen-bond acceptors (Lipinski definition) is 4. The second kappa shape index (κ2) is 8.48. The van der Waals surface area contributed by atoms with E-state index >= 15 is 0 Å². The Balaban J connectivity index is 2.14. The molecule has 5 nitrogen and oxygen atoms in total. The molecule has 0 atom stereocenters. The number of aromatic nitrogens is 2. The van der Waals surface area contributed by atoms with E-state index in [1.807, 2.05) is 48.5 Å². The van der Waals surface area contributed by atoms with E-state index in [0.717, 1.165) is 33.3 Å². The molecular weight excluding hydrogens is 406 g/mol. The van der Waals surface area contributed by atoms with E-state index in [4.69, 9.17) is 15.1 Å². The monoisotopic (exact) mass is 427 g/mol. The number of nitrogens with zero attached hydrogens (tertiary/aromatic N) is 3. The average Bonchev–Trinajstić information content (AvgIpc) is 2.64. The van der Waals surface area contributed by atoms with E-state index in [0.29, 0.717) is 18.3 Å². The van der Waals surface area contributed by atoms with E-state index < -0.39 is 5.97 Å². The van der Waals surface area contributed by atoms with Crippen LogP contribution in [0.1, 0.15) is 20.3 Å². The molecule has 27 heavy (non-hydrogen) atoms. The second-order valence-electron chi connectivity index (χ2n) is 6.88. The summed E-state index contributed by atoms with van der Waals surface area (Å²) in [6, 6.07) is 15.7. The highest BCUT2D eigenvalue weighted by Gasteiger charge is 2.17. The van der Waals surface area contributed by atoms with Crippen molar-refractivity contribution >= 4 is 38.6 Å². The van der Waals surface area contributed by atoms with Gasteiger partial charge in [0.15, 0.2) is 5.82 Å². The van der Waals surface area contributed by atoms with Crippen LogP contribution >= 0.6 is 15.9 Å². The van der Waals surface area contributed by atoms with Crippen LogP contribution in [0.4, 0.5) is 5.82 Å². The van der Waals surface area contributed by atoms with Gasteiger partial charge in [-0.25, -0.2) is 9.97 Å². The SMILES string of the molecule is CC(C)CN(CCC(=O)O)c1nc(-c2cccc(Br)c2)nc2ccccc12. The molecule has 0 aliphatic rings. The van der Waals surface area contributed by atoms with E-state index in [2.05, 4.69) is 34.7 Å². The molecule has 0 saturated heterocycles. The van der Waals surface area contributed by atoms with E-state index in [1.165, 1.54) is 0 Å². The minimum absolute atomic E-state index is 0.0667. The molecule has 2 aromatic carbocycles. The van der Waals surface area contributed by atoms with Crippen LogP contribution in [0, 0.1) is 5.92 Å². The lowest BCUT2D eigenvalue weighted by Crippen LogP contribution is -2.31. The fourth-order valence-electron chi connectivity index (χ4n) is 3.01. The van der Waals surface area contributed by atoms with Gasteiger partial charge in [-0.1, -0.05) is 54.0 Å². The van der Waals surface area contributed by atoms with Crippen molar-refractivity contribution in [2.24, 2.45) is 5.92 Å². The number of benzene rings is 2. The van der Waals surface area contributed by atoms with E-state index in [-0.39, 0.29) is 6.42 Å². The number of carboxylic acid groups (broad SMARTS) is 1. The average molecular weight is 428 g/mol. The summed E-state index contributed by atoms with van der Waals surface area (Å²) in [4.78, 5) is 22.8. The third kappa shape index (κ3) is 4.83. The molecule has 1 N–H and O–H groups in total. The molecular formula is C21H22BrN3O2. The van der Waals surface area contributed by atoms with Gasteiger partial charge < -0.3 is 10.0 Å². The van der Waals surface area contributed by atoms with Gasteiger partial charge in [-0.3, -0.25) is 4.79 Å². The smallest absolute Gasteiger partial charge is 0.305 e. The minimum atomic E-state index is -0.811. The Hall–Kier alpha value is -2.47.